The molecule has 0 aliphatic heterocycles. The standard InChI is InChI=1S/C15H19N3O3S2/c1-4-12(21-11-8-6-7-10(9-11)20-3)13(19)16-14-17-18-15(23-14)22-5-2/h6-9,12H,4-5H2,1-3H3,(H,16,17,19)/t12-/m1/s1. The maximum Gasteiger partial charge on any atom is 0.267 e. The Kier molecular flexibility index (Phi) is 6.66. The molecule has 1 aromatic carbocycles. The summed E-state index contributed by atoms with van der Waals surface area (Å²) in [6, 6.07) is 7.18. The maximum atomic E-state index is 12.3. The lowest BCUT2D eigenvalue weighted by Crippen LogP contribution is -2.32. The number of anilines is 1. The van der Waals surface area contributed by atoms with Crippen LogP contribution in [0.5, 0.6) is 11.5 Å². The van der Waals surface area contributed by atoms with Crippen molar-refractivity contribution in [3.05, 3.63) is 24.3 Å². The van der Waals surface area contributed by atoms with Gasteiger partial charge in [-0.2, -0.15) is 0 Å². The highest BCUT2D eigenvalue weighted by molar-refractivity contribution is 8.01. The summed E-state index contributed by atoms with van der Waals surface area (Å²) in [7, 11) is 1.59. The lowest BCUT2D eigenvalue weighted by atomic mass is 10.2. The summed E-state index contributed by atoms with van der Waals surface area (Å²) < 4.78 is 11.7. The van der Waals surface area contributed by atoms with Crippen molar-refractivity contribution in [2.75, 3.05) is 18.2 Å². The smallest absolute Gasteiger partial charge is 0.267 e. The number of methoxy groups -OCH3 is 1. The highest BCUT2D eigenvalue weighted by Gasteiger charge is 2.20. The molecular formula is C15H19N3O3S2. The first-order valence-electron chi connectivity index (χ1n) is 7.24. The van der Waals surface area contributed by atoms with Gasteiger partial charge >= 0.3 is 0 Å². The van der Waals surface area contributed by atoms with Crippen molar-refractivity contribution in [2.45, 2.75) is 30.7 Å². The number of carbonyl (C=O) groups is 1. The predicted octanol–water partition coefficient (Wildman–Crippen LogP) is 3.45. The number of aromatic nitrogens is 2. The Morgan fingerprint density at radius 3 is 2.83 bits per heavy atom. The summed E-state index contributed by atoms with van der Waals surface area (Å²) in [6.45, 7) is 3.93. The minimum absolute atomic E-state index is 0.237. The molecular weight excluding hydrogens is 334 g/mol. The Hall–Kier alpha value is -1.80. The molecule has 8 heteroatoms. The van der Waals surface area contributed by atoms with Gasteiger partial charge in [0.15, 0.2) is 10.4 Å². The average Bonchev–Trinajstić information content (AvgIpc) is 3.00. The van der Waals surface area contributed by atoms with E-state index in [1.807, 2.05) is 26.0 Å². The van der Waals surface area contributed by atoms with E-state index in [-0.39, 0.29) is 5.91 Å². The quantitative estimate of drug-likeness (QED) is 0.579. The van der Waals surface area contributed by atoms with Gasteiger partial charge in [-0.25, -0.2) is 0 Å². The van der Waals surface area contributed by atoms with Gasteiger partial charge in [-0.3, -0.25) is 10.1 Å². The number of thioether (sulfide) groups is 1. The van der Waals surface area contributed by atoms with Gasteiger partial charge in [-0.1, -0.05) is 43.0 Å². The fourth-order valence-corrected chi connectivity index (χ4v) is 3.44. The number of nitrogens with zero attached hydrogens (tertiary/aromatic N) is 2. The van der Waals surface area contributed by atoms with Gasteiger partial charge in [-0.05, 0) is 24.3 Å². The third-order valence-electron chi connectivity index (χ3n) is 2.89. The van der Waals surface area contributed by atoms with E-state index in [9.17, 15) is 4.79 Å². The molecule has 0 aliphatic carbocycles. The van der Waals surface area contributed by atoms with Crippen LogP contribution in [0.15, 0.2) is 28.6 Å². The highest BCUT2D eigenvalue weighted by atomic mass is 32.2. The summed E-state index contributed by atoms with van der Waals surface area (Å²) in [6.07, 6.45) is -0.0633. The molecule has 0 unspecified atom stereocenters. The third-order valence-corrected chi connectivity index (χ3v) is 4.74. The second kappa shape index (κ2) is 8.73. The third kappa shape index (κ3) is 5.11. The lowest BCUT2D eigenvalue weighted by molar-refractivity contribution is -0.122. The SMILES string of the molecule is CCSc1nnc(NC(=O)[C@@H](CC)Oc2cccc(OC)c2)s1. The maximum absolute atomic E-state index is 12.3. The van der Waals surface area contributed by atoms with E-state index in [1.54, 1.807) is 31.0 Å². The van der Waals surface area contributed by atoms with Crippen LogP contribution in [-0.2, 0) is 4.79 Å². The zero-order chi connectivity index (χ0) is 16.7. The first-order valence-corrected chi connectivity index (χ1v) is 9.04. The monoisotopic (exact) mass is 353 g/mol. The summed E-state index contributed by atoms with van der Waals surface area (Å²) in [4.78, 5) is 12.3. The molecule has 2 aromatic rings. The van der Waals surface area contributed by atoms with E-state index in [4.69, 9.17) is 9.47 Å². The Morgan fingerprint density at radius 1 is 1.35 bits per heavy atom. The van der Waals surface area contributed by atoms with Crippen molar-refractivity contribution in [3.63, 3.8) is 0 Å². The van der Waals surface area contributed by atoms with Crippen LogP contribution in [-0.4, -0.2) is 35.1 Å². The molecule has 0 bridgehead atoms. The zero-order valence-corrected chi connectivity index (χ0v) is 14.9. The number of carbonyl (C=O) groups excluding carboxylic acids is 1. The molecule has 1 aromatic heterocycles. The van der Waals surface area contributed by atoms with Gasteiger partial charge < -0.3 is 9.47 Å². The Bertz CT molecular complexity index is 648. The Labute approximate surface area is 143 Å². The van der Waals surface area contributed by atoms with Crippen molar-refractivity contribution in [1.29, 1.82) is 0 Å². The summed E-state index contributed by atoms with van der Waals surface area (Å²) in [5.41, 5.74) is 0. The van der Waals surface area contributed by atoms with Gasteiger partial charge in [-0.15, -0.1) is 10.2 Å². The highest BCUT2D eigenvalue weighted by Crippen LogP contribution is 2.26. The number of benzene rings is 1. The minimum atomic E-state index is -0.603. The molecule has 0 saturated carbocycles. The number of hydrogen-bond acceptors (Lipinski definition) is 7. The number of rotatable bonds is 8. The normalized spacial score (nSPS) is 11.8. The van der Waals surface area contributed by atoms with Gasteiger partial charge in [0.2, 0.25) is 5.13 Å². The predicted molar refractivity (Wildman–Crippen MR) is 92.6 cm³/mol. The van der Waals surface area contributed by atoms with Gasteiger partial charge in [0.05, 0.1) is 7.11 Å². The van der Waals surface area contributed by atoms with Crippen LogP contribution in [0.25, 0.3) is 0 Å². The largest absolute Gasteiger partial charge is 0.497 e. The Balaban J connectivity index is 1.99. The molecule has 0 radical (unpaired) electrons. The van der Waals surface area contributed by atoms with Crippen molar-refractivity contribution in [1.82, 2.24) is 10.2 Å². The van der Waals surface area contributed by atoms with Crippen molar-refractivity contribution >= 4 is 34.1 Å². The molecule has 0 spiro atoms. The zero-order valence-electron chi connectivity index (χ0n) is 13.2. The van der Waals surface area contributed by atoms with Crippen LogP contribution in [0.4, 0.5) is 5.13 Å². The Morgan fingerprint density at radius 2 is 2.13 bits per heavy atom. The molecule has 2 rings (SSSR count). The number of amides is 1. The molecule has 1 N–H and O–H groups in total. The van der Waals surface area contributed by atoms with Crippen LogP contribution in [0.3, 0.4) is 0 Å². The summed E-state index contributed by atoms with van der Waals surface area (Å²) in [5, 5.41) is 11.2. The van der Waals surface area contributed by atoms with E-state index >= 15 is 0 Å². The fourth-order valence-electron chi connectivity index (χ4n) is 1.79. The fraction of sp³-hybridized carbons (Fsp3) is 0.400. The van der Waals surface area contributed by atoms with Crippen molar-refractivity contribution < 1.29 is 14.3 Å². The van der Waals surface area contributed by atoms with Crippen LogP contribution in [0.2, 0.25) is 0 Å². The van der Waals surface area contributed by atoms with E-state index in [2.05, 4.69) is 15.5 Å². The van der Waals surface area contributed by atoms with Crippen molar-refractivity contribution in [2.24, 2.45) is 0 Å². The van der Waals surface area contributed by atoms with Crippen LogP contribution >= 0.6 is 23.1 Å². The van der Waals surface area contributed by atoms with Gasteiger partial charge in [0.25, 0.3) is 5.91 Å². The van der Waals surface area contributed by atoms with Gasteiger partial charge in [0, 0.05) is 6.07 Å². The topological polar surface area (TPSA) is 73.3 Å². The summed E-state index contributed by atoms with van der Waals surface area (Å²) in [5.74, 6) is 1.95. The summed E-state index contributed by atoms with van der Waals surface area (Å²) >= 11 is 2.95. The second-order valence-corrected chi connectivity index (χ2v) is 6.98. The second-order valence-electron chi connectivity index (χ2n) is 4.49. The molecule has 0 saturated heterocycles. The molecule has 23 heavy (non-hydrogen) atoms. The number of nitrogens with one attached hydrogen (secondary N) is 1. The number of hydrogen-bond donors (Lipinski definition) is 1. The van der Waals surface area contributed by atoms with Crippen LogP contribution in [0, 0.1) is 0 Å². The molecule has 1 atom stereocenters. The van der Waals surface area contributed by atoms with E-state index < -0.39 is 6.10 Å². The van der Waals surface area contributed by atoms with E-state index in [0.29, 0.717) is 23.1 Å². The van der Waals surface area contributed by atoms with Crippen molar-refractivity contribution in [3.8, 4) is 11.5 Å². The van der Waals surface area contributed by atoms with Crippen LogP contribution in [0.1, 0.15) is 20.3 Å². The minimum Gasteiger partial charge on any atom is -0.497 e. The molecule has 1 heterocycles. The van der Waals surface area contributed by atoms with Gasteiger partial charge in [0.1, 0.15) is 11.5 Å². The first kappa shape index (κ1) is 17.6. The van der Waals surface area contributed by atoms with E-state index in [0.717, 1.165) is 10.1 Å². The molecule has 124 valence electrons. The molecule has 1 amide bonds. The molecule has 0 aliphatic rings. The lowest BCUT2D eigenvalue weighted by Gasteiger charge is -2.16. The van der Waals surface area contributed by atoms with E-state index in [1.165, 1.54) is 11.3 Å². The average molecular weight is 353 g/mol. The number of ether oxygens (including phenoxy) is 2. The van der Waals surface area contributed by atoms with Crippen LogP contribution < -0.4 is 14.8 Å². The molecule has 0 fully saturated rings. The molecule has 6 nitrogen and oxygen atoms in total. The first-order chi connectivity index (χ1) is 11.2.